The summed E-state index contributed by atoms with van der Waals surface area (Å²) in [4.78, 5) is 34.5. The van der Waals surface area contributed by atoms with Crippen LogP contribution in [0.2, 0.25) is 0 Å². The zero-order valence-electron chi connectivity index (χ0n) is 11.5. The Hall–Kier alpha value is -1.73. The van der Waals surface area contributed by atoms with Crippen LogP contribution in [0.3, 0.4) is 0 Å². The molecular weight excluding hydrogens is 344 g/mol. The Morgan fingerprint density at radius 1 is 1.29 bits per heavy atom. The first kappa shape index (κ1) is 17.3. The molecule has 0 spiro atoms. The number of aliphatic hydroxyl groups excluding tert-OH is 1. The lowest BCUT2D eigenvalue weighted by Crippen LogP contribution is -2.22. The maximum atomic E-state index is 12.1. The molecule has 2 N–H and O–H groups in total. The molecular formula is C14H15BrO6. The minimum absolute atomic E-state index is 0.0279. The Morgan fingerprint density at radius 3 is 2.33 bits per heavy atom. The van der Waals surface area contributed by atoms with Gasteiger partial charge < -0.3 is 14.9 Å². The van der Waals surface area contributed by atoms with E-state index in [2.05, 4.69) is 15.9 Å². The van der Waals surface area contributed by atoms with E-state index in [9.17, 15) is 19.5 Å². The maximum absolute atomic E-state index is 12.1. The van der Waals surface area contributed by atoms with Crippen molar-refractivity contribution < 1.29 is 29.3 Å². The number of halogens is 1. The molecule has 0 fully saturated rings. The highest BCUT2D eigenvalue weighted by molar-refractivity contribution is 9.10. The summed E-state index contributed by atoms with van der Waals surface area (Å²) in [6.45, 7) is 3.26. The van der Waals surface area contributed by atoms with Crippen molar-refractivity contribution in [2.45, 2.75) is 24.8 Å². The van der Waals surface area contributed by atoms with Crippen molar-refractivity contribution >= 4 is 33.7 Å². The van der Waals surface area contributed by atoms with Crippen molar-refractivity contribution in [1.82, 2.24) is 0 Å². The number of aliphatic carboxylic acids is 1. The molecule has 1 rings (SSSR count). The largest absolute Gasteiger partial charge is 0.479 e. The molecule has 0 aliphatic carbocycles. The number of ether oxygens (including phenoxy) is 1. The molecule has 0 radical (unpaired) electrons. The van der Waals surface area contributed by atoms with Gasteiger partial charge in [0.15, 0.2) is 11.9 Å². The topological polar surface area (TPSA) is 101 Å². The minimum atomic E-state index is -1.99. The van der Waals surface area contributed by atoms with Crippen LogP contribution in [0.15, 0.2) is 18.2 Å². The summed E-state index contributed by atoms with van der Waals surface area (Å²) in [7, 11) is 0. The van der Waals surface area contributed by atoms with Crippen LogP contribution >= 0.6 is 15.9 Å². The summed E-state index contributed by atoms with van der Waals surface area (Å²) in [5, 5.41) is 18.8. The minimum Gasteiger partial charge on any atom is -0.479 e. The maximum Gasteiger partial charge on any atom is 0.338 e. The van der Waals surface area contributed by atoms with Gasteiger partial charge in [-0.15, -0.1) is 0 Å². The van der Waals surface area contributed by atoms with Crippen LogP contribution in [0.5, 0.6) is 0 Å². The second-order valence-corrected chi connectivity index (χ2v) is 5.58. The van der Waals surface area contributed by atoms with E-state index in [0.29, 0.717) is 0 Å². The number of aliphatic hydroxyl groups is 1. The van der Waals surface area contributed by atoms with Gasteiger partial charge in [0.05, 0.1) is 17.0 Å². The number of rotatable bonds is 6. The number of carboxylic acids is 1. The van der Waals surface area contributed by atoms with E-state index in [1.54, 1.807) is 13.8 Å². The van der Waals surface area contributed by atoms with Gasteiger partial charge >= 0.3 is 11.9 Å². The highest BCUT2D eigenvalue weighted by Crippen LogP contribution is 2.26. The molecule has 0 saturated carbocycles. The lowest BCUT2D eigenvalue weighted by atomic mass is 9.93. The molecule has 0 bridgehead atoms. The van der Waals surface area contributed by atoms with Crippen LogP contribution in [-0.4, -0.2) is 39.4 Å². The van der Waals surface area contributed by atoms with E-state index in [-0.39, 0.29) is 23.3 Å². The highest BCUT2D eigenvalue weighted by atomic mass is 79.9. The van der Waals surface area contributed by atoms with Gasteiger partial charge in [0.1, 0.15) is 0 Å². The normalized spacial score (nSPS) is 13.3. The second kappa shape index (κ2) is 7.33. The van der Waals surface area contributed by atoms with E-state index in [1.807, 2.05) is 0 Å². The van der Waals surface area contributed by atoms with Gasteiger partial charge in [0.25, 0.3) is 0 Å². The highest BCUT2D eigenvalue weighted by Gasteiger charge is 2.29. The molecule has 1 aromatic carbocycles. The van der Waals surface area contributed by atoms with Crippen molar-refractivity contribution in [3.8, 4) is 0 Å². The van der Waals surface area contributed by atoms with Gasteiger partial charge in [-0.25, -0.2) is 9.59 Å². The summed E-state index contributed by atoms with van der Waals surface area (Å²) < 4.78 is 4.83. The second-order valence-electron chi connectivity index (χ2n) is 4.21. The monoisotopic (exact) mass is 358 g/mol. The molecule has 1 aromatic rings. The van der Waals surface area contributed by atoms with Gasteiger partial charge in [0.2, 0.25) is 0 Å². The number of carbonyl (C=O) groups is 3. The van der Waals surface area contributed by atoms with Gasteiger partial charge in [-0.3, -0.25) is 4.79 Å². The fourth-order valence-corrected chi connectivity index (χ4v) is 2.05. The third-order valence-electron chi connectivity index (χ3n) is 2.74. The van der Waals surface area contributed by atoms with Gasteiger partial charge in [-0.2, -0.15) is 0 Å². The summed E-state index contributed by atoms with van der Waals surface area (Å²) in [6, 6.07) is 4.12. The number of carboxylic acid groups (broad SMARTS) is 1. The van der Waals surface area contributed by atoms with Crippen LogP contribution in [0.25, 0.3) is 0 Å². The predicted molar refractivity (Wildman–Crippen MR) is 77.7 cm³/mol. The molecule has 2 unspecified atom stereocenters. The Kier molecular flexibility index (Phi) is 6.04. The van der Waals surface area contributed by atoms with E-state index in [1.165, 1.54) is 18.2 Å². The average molecular weight is 359 g/mol. The summed E-state index contributed by atoms with van der Waals surface area (Å²) >= 11 is 3.09. The number of benzene rings is 1. The summed E-state index contributed by atoms with van der Waals surface area (Å²) in [5.41, 5.74) is -0.412. The van der Waals surface area contributed by atoms with Crippen molar-refractivity contribution in [3.63, 3.8) is 0 Å². The average Bonchev–Trinajstić information content (AvgIpc) is 2.44. The third-order valence-corrected chi connectivity index (χ3v) is 3.15. The molecule has 0 saturated heterocycles. The molecule has 7 heteroatoms. The quantitative estimate of drug-likeness (QED) is 0.457. The number of alkyl halides is 1. The fourth-order valence-electron chi connectivity index (χ4n) is 1.80. The van der Waals surface area contributed by atoms with Gasteiger partial charge in [0, 0.05) is 11.1 Å². The zero-order valence-corrected chi connectivity index (χ0v) is 13.1. The SMILES string of the molecule is CCOC(=O)c1cccc(C(=O)C(C)Br)c1C(O)C(=O)O. The van der Waals surface area contributed by atoms with Crippen LogP contribution in [0.1, 0.15) is 46.2 Å². The zero-order chi connectivity index (χ0) is 16.2. The molecule has 0 heterocycles. The number of hydrogen-bond donors (Lipinski definition) is 2. The fraction of sp³-hybridized carbons (Fsp3) is 0.357. The molecule has 0 aromatic heterocycles. The molecule has 0 aliphatic heterocycles. The lowest BCUT2D eigenvalue weighted by Gasteiger charge is -2.16. The van der Waals surface area contributed by atoms with E-state index in [4.69, 9.17) is 9.84 Å². The first-order valence-corrected chi connectivity index (χ1v) is 7.12. The van der Waals surface area contributed by atoms with Crippen LogP contribution < -0.4 is 0 Å². The molecule has 0 amide bonds. The number of hydrogen-bond acceptors (Lipinski definition) is 5. The van der Waals surface area contributed by atoms with Crippen molar-refractivity contribution in [1.29, 1.82) is 0 Å². The first-order valence-electron chi connectivity index (χ1n) is 6.20. The number of carbonyl (C=O) groups excluding carboxylic acids is 2. The summed E-state index contributed by atoms with van der Waals surface area (Å²) in [6.07, 6.45) is -1.99. The molecule has 2 atom stereocenters. The predicted octanol–water partition coefficient (Wildman–Crippen LogP) is 1.95. The Balaban J connectivity index is 3.52. The van der Waals surface area contributed by atoms with Gasteiger partial charge in [-0.05, 0) is 19.9 Å². The Bertz CT molecular complexity index is 567. The molecule has 21 heavy (non-hydrogen) atoms. The number of Topliss-reactive ketones (excluding diaryl/α,β-unsaturated/α-hetero) is 1. The van der Waals surface area contributed by atoms with E-state index < -0.39 is 28.7 Å². The van der Waals surface area contributed by atoms with E-state index >= 15 is 0 Å². The molecule has 114 valence electrons. The number of ketones is 1. The lowest BCUT2D eigenvalue weighted by molar-refractivity contribution is -0.147. The Morgan fingerprint density at radius 2 is 1.86 bits per heavy atom. The van der Waals surface area contributed by atoms with Gasteiger partial charge in [-0.1, -0.05) is 28.1 Å². The molecule has 0 aliphatic rings. The smallest absolute Gasteiger partial charge is 0.338 e. The summed E-state index contributed by atoms with van der Waals surface area (Å²) in [5.74, 6) is -2.77. The van der Waals surface area contributed by atoms with Crippen molar-refractivity contribution in [3.05, 3.63) is 34.9 Å². The van der Waals surface area contributed by atoms with Crippen molar-refractivity contribution in [2.24, 2.45) is 0 Å². The molecule has 6 nitrogen and oxygen atoms in total. The third kappa shape index (κ3) is 3.89. The van der Waals surface area contributed by atoms with Crippen LogP contribution in [-0.2, 0) is 9.53 Å². The van der Waals surface area contributed by atoms with Crippen LogP contribution in [0, 0.1) is 0 Å². The Labute approximate surface area is 129 Å². The first-order chi connectivity index (χ1) is 9.81. The van der Waals surface area contributed by atoms with Crippen LogP contribution in [0.4, 0.5) is 0 Å². The van der Waals surface area contributed by atoms with E-state index in [0.717, 1.165) is 0 Å². The number of esters is 1. The van der Waals surface area contributed by atoms with Crippen molar-refractivity contribution in [2.75, 3.05) is 6.61 Å². The standard InChI is InChI=1S/C14H15BrO6/c1-3-21-14(20)9-6-4-5-8(11(16)7(2)15)10(9)12(17)13(18)19/h4-7,12,17H,3H2,1-2H3,(H,18,19).